The maximum atomic E-state index is 12.2. The van der Waals surface area contributed by atoms with Gasteiger partial charge in [-0.1, -0.05) is 34.1 Å². The molecule has 114 valence electrons. The number of aryl methyl sites for hydroxylation is 2. The van der Waals surface area contributed by atoms with E-state index in [0.717, 1.165) is 24.1 Å². The van der Waals surface area contributed by atoms with Crippen molar-refractivity contribution in [1.82, 2.24) is 5.32 Å². The minimum absolute atomic E-state index is 0.0626. The normalized spacial score (nSPS) is 11.7. The second-order valence-corrected chi connectivity index (χ2v) is 6.41. The summed E-state index contributed by atoms with van der Waals surface area (Å²) in [5.41, 5.74) is 0.496. The molecule has 0 aromatic carbocycles. The lowest BCUT2D eigenvalue weighted by molar-refractivity contribution is 0.0314. The molecule has 2 N–H and O–H groups in total. The van der Waals surface area contributed by atoms with Gasteiger partial charge in [0, 0.05) is 11.4 Å². The molecule has 1 aromatic heterocycles. The Hall–Kier alpha value is -0.870. The quantitative estimate of drug-likeness (QED) is 0.771. The molecule has 0 bridgehead atoms. The fourth-order valence-electron chi connectivity index (χ4n) is 2.15. The summed E-state index contributed by atoms with van der Waals surface area (Å²) < 4.78 is 0. The van der Waals surface area contributed by atoms with Crippen LogP contribution in [-0.4, -0.2) is 23.2 Å². The number of nitrogens with one attached hydrogen (secondary N) is 1. The molecular weight excluding hydrogens is 270 g/mol. The molecule has 0 aliphatic heterocycles. The molecule has 0 saturated heterocycles. The molecule has 3 nitrogen and oxygen atoms in total. The van der Waals surface area contributed by atoms with Crippen LogP contribution in [0, 0.1) is 0 Å². The molecule has 0 fully saturated rings. The van der Waals surface area contributed by atoms with Crippen LogP contribution in [0.15, 0.2) is 6.07 Å². The Morgan fingerprint density at radius 1 is 1.30 bits per heavy atom. The molecule has 0 atom stereocenters. The van der Waals surface area contributed by atoms with Crippen molar-refractivity contribution in [2.75, 3.05) is 6.54 Å². The molecule has 0 aliphatic rings. The number of aliphatic hydroxyl groups is 1. The van der Waals surface area contributed by atoms with Crippen LogP contribution in [0.5, 0.6) is 0 Å². The first-order chi connectivity index (χ1) is 9.49. The monoisotopic (exact) mass is 297 g/mol. The third kappa shape index (κ3) is 4.32. The van der Waals surface area contributed by atoms with E-state index in [1.807, 2.05) is 19.9 Å². The molecule has 1 amide bonds. The van der Waals surface area contributed by atoms with E-state index in [-0.39, 0.29) is 5.91 Å². The van der Waals surface area contributed by atoms with Crippen LogP contribution in [0.4, 0.5) is 0 Å². The number of rotatable bonds is 8. The van der Waals surface area contributed by atoms with E-state index < -0.39 is 5.60 Å². The predicted molar refractivity (Wildman–Crippen MR) is 85.6 cm³/mol. The minimum atomic E-state index is -0.785. The Bertz CT molecular complexity index is 436. The van der Waals surface area contributed by atoms with Gasteiger partial charge in [0.05, 0.1) is 10.5 Å². The third-order valence-corrected chi connectivity index (χ3v) is 5.11. The smallest absolute Gasteiger partial charge is 0.261 e. The second kappa shape index (κ2) is 7.79. The van der Waals surface area contributed by atoms with Crippen molar-refractivity contribution in [3.8, 4) is 0 Å². The van der Waals surface area contributed by atoms with E-state index in [1.54, 1.807) is 11.3 Å². The van der Waals surface area contributed by atoms with E-state index >= 15 is 0 Å². The largest absolute Gasteiger partial charge is 0.388 e. The average molecular weight is 297 g/mol. The van der Waals surface area contributed by atoms with Gasteiger partial charge in [0.25, 0.3) is 5.91 Å². The molecule has 1 rings (SSSR count). The molecule has 0 aliphatic carbocycles. The first kappa shape index (κ1) is 17.2. The van der Waals surface area contributed by atoms with Crippen LogP contribution in [0.2, 0.25) is 0 Å². The fraction of sp³-hybridized carbons (Fsp3) is 0.688. The molecular formula is C16H27NO2S. The van der Waals surface area contributed by atoms with Gasteiger partial charge in [-0.2, -0.15) is 0 Å². The van der Waals surface area contributed by atoms with E-state index in [2.05, 4.69) is 19.2 Å². The minimum Gasteiger partial charge on any atom is -0.388 e. The van der Waals surface area contributed by atoms with Crippen LogP contribution in [0.25, 0.3) is 0 Å². The van der Waals surface area contributed by atoms with Crippen molar-refractivity contribution < 1.29 is 9.90 Å². The van der Waals surface area contributed by atoms with Gasteiger partial charge in [0.2, 0.25) is 0 Å². The van der Waals surface area contributed by atoms with Crippen LogP contribution in [0.3, 0.4) is 0 Å². The van der Waals surface area contributed by atoms with Crippen molar-refractivity contribution in [3.63, 3.8) is 0 Å². The lowest BCUT2D eigenvalue weighted by Crippen LogP contribution is -2.41. The number of carbonyl (C=O) groups excluding carboxylic acids is 1. The molecule has 1 heterocycles. The molecule has 0 radical (unpaired) electrons. The molecule has 1 aromatic rings. The fourth-order valence-corrected chi connectivity index (χ4v) is 3.42. The Morgan fingerprint density at radius 3 is 2.45 bits per heavy atom. The summed E-state index contributed by atoms with van der Waals surface area (Å²) in [6, 6.07) is 2.00. The Balaban J connectivity index is 2.73. The number of thiophene rings is 1. The zero-order chi connectivity index (χ0) is 15.2. The van der Waals surface area contributed by atoms with Crippen LogP contribution in [0.1, 0.15) is 67.1 Å². The number of carbonyl (C=O) groups is 1. The number of hydrogen-bond acceptors (Lipinski definition) is 3. The van der Waals surface area contributed by atoms with Gasteiger partial charge in [-0.15, -0.1) is 11.3 Å². The summed E-state index contributed by atoms with van der Waals surface area (Å²) in [6.07, 6.45) is 4.40. The summed E-state index contributed by atoms with van der Waals surface area (Å²) in [5.74, 6) is -0.0626. The highest BCUT2D eigenvalue weighted by Gasteiger charge is 2.23. The van der Waals surface area contributed by atoms with Crippen molar-refractivity contribution >= 4 is 17.2 Å². The highest BCUT2D eigenvalue weighted by molar-refractivity contribution is 7.14. The topological polar surface area (TPSA) is 49.3 Å². The zero-order valence-electron chi connectivity index (χ0n) is 13.1. The number of amides is 1. The first-order valence-corrected chi connectivity index (χ1v) is 8.43. The molecule has 0 unspecified atom stereocenters. The Kier molecular flexibility index (Phi) is 6.69. The maximum absolute atomic E-state index is 12.2. The first-order valence-electron chi connectivity index (χ1n) is 7.61. The van der Waals surface area contributed by atoms with Gasteiger partial charge in [0.15, 0.2) is 0 Å². The van der Waals surface area contributed by atoms with Crippen molar-refractivity contribution in [3.05, 3.63) is 21.4 Å². The van der Waals surface area contributed by atoms with Gasteiger partial charge < -0.3 is 10.4 Å². The maximum Gasteiger partial charge on any atom is 0.261 e. The molecule has 0 saturated carbocycles. The van der Waals surface area contributed by atoms with Crippen molar-refractivity contribution in [2.24, 2.45) is 0 Å². The summed E-state index contributed by atoms with van der Waals surface area (Å²) in [5, 5.41) is 13.1. The average Bonchev–Trinajstić information content (AvgIpc) is 2.88. The van der Waals surface area contributed by atoms with Gasteiger partial charge in [-0.3, -0.25) is 4.79 Å². The summed E-state index contributed by atoms with van der Waals surface area (Å²) in [7, 11) is 0. The molecule has 4 heteroatoms. The Labute approximate surface area is 126 Å². The summed E-state index contributed by atoms with van der Waals surface area (Å²) >= 11 is 1.59. The van der Waals surface area contributed by atoms with Crippen LogP contribution >= 0.6 is 11.3 Å². The summed E-state index contributed by atoms with van der Waals surface area (Å²) in [4.78, 5) is 14.3. The van der Waals surface area contributed by atoms with E-state index in [0.29, 0.717) is 19.4 Å². The molecule has 0 spiro atoms. The van der Waals surface area contributed by atoms with Gasteiger partial charge in [-0.05, 0) is 37.3 Å². The Morgan fingerprint density at radius 2 is 1.95 bits per heavy atom. The van der Waals surface area contributed by atoms with Gasteiger partial charge in [-0.25, -0.2) is 0 Å². The number of hydrogen-bond donors (Lipinski definition) is 2. The molecule has 20 heavy (non-hydrogen) atoms. The SMILES string of the molecule is CCCc1sc(C(=O)NCC(O)(CC)CC)cc1CC. The van der Waals surface area contributed by atoms with Crippen LogP contribution in [-0.2, 0) is 12.8 Å². The lowest BCUT2D eigenvalue weighted by Gasteiger charge is -2.25. The third-order valence-electron chi connectivity index (χ3n) is 3.87. The standard InChI is InChI=1S/C16H27NO2S/c1-5-9-13-12(6-2)10-14(20-13)15(18)17-11-16(19,7-3)8-4/h10,19H,5-9,11H2,1-4H3,(H,17,18). The predicted octanol–water partition coefficient (Wildman–Crippen LogP) is 3.54. The lowest BCUT2D eigenvalue weighted by atomic mass is 9.97. The van der Waals surface area contributed by atoms with E-state index in [4.69, 9.17) is 0 Å². The highest BCUT2D eigenvalue weighted by Crippen LogP contribution is 2.25. The van der Waals surface area contributed by atoms with Gasteiger partial charge in [0.1, 0.15) is 0 Å². The zero-order valence-corrected chi connectivity index (χ0v) is 13.9. The highest BCUT2D eigenvalue weighted by atomic mass is 32.1. The van der Waals surface area contributed by atoms with Crippen molar-refractivity contribution in [1.29, 1.82) is 0 Å². The second-order valence-electron chi connectivity index (χ2n) is 5.28. The van der Waals surface area contributed by atoms with Gasteiger partial charge >= 0.3 is 0 Å². The summed E-state index contributed by atoms with van der Waals surface area (Å²) in [6.45, 7) is 8.48. The van der Waals surface area contributed by atoms with E-state index in [9.17, 15) is 9.90 Å². The van der Waals surface area contributed by atoms with Crippen molar-refractivity contribution in [2.45, 2.75) is 65.4 Å². The van der Waals surface area contributed by atoms with Crippen LogP contribution < -0.4 is 5.32 Å². The van der Waals surface area contributed by atoms with E-state index in [1.165, 1.54) is 10.4 Å².